The Morgan fingerprint density at radius 1 is 0.522 bits per heavy atom. The van der Waals surface area contributed by atoms with Crippen molar-refractivity contribution in [2.45, 2.75) is 148 Å². The molecule has 0 unspecified atom stereocenters. The minimum atomic E-state index is -3.77. The molecule has 10 rings (SSSR count). The Bertz CT molecular complexity index is 3070. The molecule has 0 radical (unpaired) electrons. The normalized spacial score (nSPS) is 24.3. The number of benzene rings is 4. The summed E-state index contributed by atoms with van der Waals surface area (Å²) in [6.45, 7) is 7.23. The summed E-state index contributed by atoms with van der Waals surface area (Å²) in [6.07, 6.45) is 9.06. The van der Waals surface area contributed by atoms with Gasteiger partial charge in [-0.2, -0.15) is 8.61 Å². The molecule has 6 N–H and O–H groups in total. The van der Waals surface area contributed by atoms with E-state index in [0.29, 0.717) is 129 Å². The van der Waals surface area contributed by atoms with Crippen LogP contribution in [0.2, 0.25) is 20.1 Å². The number of Topliss-reactive ketones (excluding diaryl/α,β-unsaturated/α-hetero) is 1. The molecule has 4 heterocycles. The quantitative estimate of drug-likeness (QED) is 0.0344. The van der Waals surface area contributed by atoms with Crippen molar-refractivity contribution in [1.29, 1.82) is 0 Å². The topological polar surface area (TPSA) is 247 Å². The summed E-state index contributed by atoms with van der Waals surface area (Å²) in [5.74, 6) is 1.26. The maximum Gasteiger partial charge on any atom is 0.314 e. The van der Waals surface area contributed by atoms with Gasteiger partial charge in [-0.3, -0.25) is 14.6 Å². The first-order chi connectivity index (χ1) is 43.4. The molecule has 6 aliphatic rings. The number of nitrogens with one attached hydrogen (secondary N) is 2. The van der Waals surface area contributed by atoms with Crippen LogP contribution >= 0.6 is 46.4 Å². The fourth-order valence-corrected chi connectivity index (χ4v) is 17.4. The van der Waals surface area contributed by atoms with Gasteiger partial charge in [0, 0.05) is 115 Å². The molecule has 20 nitrogen and oxygen atoms in total. The predicted molar refractivity (Wildman–Crippen MR) is 347 cm³/mol. The Kier molecular flexibility index (Phi) is 24.9. The lowest BCUT2D eigenvalue weighted by Crippen LogP contribution is -2.49. The van der Waals surface area contributed by atoms with Gasteiger partial charge in [0.2, 0.25) is 20.0 Å². The molecular weight excluding hydrogens is 1280 g/mol. The second-order valence-electron chi connectivity index (χ2n) is 24.4. The highest BCUT2D eigenvalue weighted by atomic mass is 35.5. The Balaban J connectivity index is 0.520. The van der Waals surface area contributed by atoms with Gasteiger partial charge in [0.25, 0.3) is 0 Å². The average molecular weight is 1370 g/mol. The SMILES string of the molecule is N[C@@H]1CCCN([C@H]2Cc3c(Cl)cc(Cl)cc3[C@@H]2Oc2ccc(S(=O)(=O)N3CC[C@H](OCCOCCCC(=O)CCCCCNC(=O)NCCOCCO[C@H]4CCN(S(=O)(=O)c5ccc(O[C@H]6c7cc(Cl)cc(Cl)c7C[C@@H]6N6CCC[C@@H](N)C6)cc5)C4)C3)cc2)C1. The van der Waals surface area contributed by atoms with Gasteiger partial charge in [-0.25, -0.2) is 21.6 Å². The minimum Gasteiger partial charge on any atom is -0.484 e. The molecule has 4 aromatic rings. The fourth-order valence-electron chi connectivity index (χ4n) is 13.3. The molecule has 90 heavy (non-hydrogen) atoms. The van der Waals surface area contributed by atoms with Gasteiger partial charge in [-0.15, -0.1) is 0 Å². The summed E-state index contributed by atoms with van der Waals surface area (Å²) in [6, 6.07) is 20.4. The van der Waals surface area contributed by atoms with Gasteiger partial charge in [0.1, 0.15) is 29.5 Å². The van der Waals surface area contributed by atoms with Crippen molar-refractivity contribution in [3.63, 3.8) is 0 Å². The number of carbonyl (C=O) groups excluding carboxylic acids is 2. The van der Waals surface area contributed by atoms with E-state index in [1.807, 2.05) is 12.1 Å². The van der Waals surface area contributed by atoms with Gasteiger partial charge in [0.15, 0.2) is 0 Å². The number of urea groups is 1. The van der Waals surface area contributed by atoms with E-state index in [1.165, 1.54) is 8.61 Å². The molecule has 4 aromatic carbocycles. The van der Waals surface area contributed by atoms with Gasteiger partial charge in [-0.05, 0) is 168 Å². The second kappa shape index (κ2) is 32.5. The lowest BCUT2D eigenvalue weighted by atomic mass is 10.0. The molecule has 0 aromatic heterocycles. The lowest BCUT2D eigenvalue weighted by molar-refractivity contribution is -0.119. The van der Waals surface area contributed by atoms with Gasteiger partial charge >= 0.3 is 6.03 Å². The number of ketones is 1. The Hall–Kier alpha value is -3.92. The molecule has 0 saturated carbocycles. The third-order valence-electron chi connectivity index (χ3n) is 18.0. The number of carbonyl (C=O) groups is 2. The van der Waals surface area contributed by atoms with Crippen LogP contribution in [-0.2, 0) is 56.6 Å². The zero-order valence-electron chi connectivity index (χ0n) is 50.9. The summed E-state index contributed by atoms with van der Waals surface area (Å²) >= 11 is 26.2. The van der Waals surface area contributed by atoms with Crippen molar-refractivity contribution in [2.24, 2.45) is 11.5 Å². The first kappa shape index (κ1) is 68.9. The highest BCUT2D eigenvalue weighted by Gasteiger charge is 2.43. The molecule has 4 aliphatic heterocycles. The van der Waals surface area contributed by atoms with Crippen LogP contribution in [-0.4, -0.2) is 189 Å². The number of fused-ring (bicyclic) bond motifs is 2. The van der Waals surface area contributed by atoms with Crippen molar-refractivity contribution in [2.75, 3.05) is 105 Å². The third kappa shape index (κ3) is 18.1. The first-order valence-corrected chi connectivity index (χ1v) is 36.2. The zero-order valence-corrected chi connectivity index (χ0v) is 55.6. The molecule has 4 saturated heterocycles. The van der Waals surface area contributed by atoms with Gasteiger partial charge < -0.3 is 50.5 Å². The van der Waals surface area contributed by atoms with E-state index < -0.39 is 20.0 Å². The first-order valence-electron chi connectivity index (χ1n) is 31.8. The van der Waals surface area contributed by atoms with E-state index in [0.717, 1.165) is 93.4 Å². The van der Waals surface area contributed by atoms with Crippen LogP contribution in [0, 0.1) is 0 Å². The summed E-state index contributed by atoms with van der Waals surface area (Å²) in [7, 11) is -7.54. The van der Waals surface area contributed by atoms with E-state index in [2.05, 4.69) is 20.4 Å². The Labute approximate surface area is 550 Å². The van der Waals surface area contributed by atoms with E-state index in [4.69, 9.17) is 86.3 Å². The lowest BCUT2D eigenvalue weighted by Gasteiger charge is -2.38. The maximum atomic E-state index is 13.7. The van der Waals surface area contributed by atoms with E-state index in [1.54, 1.807) is 60.7 Å². The van der Waals surface area contributed by atoms with Crippen molar-refractivity contribution in [3.05, 3.63) is 115 Å². The predicted octanol–water partition coefficient (Wildman–Crippen LogP) is 8.74. The number of nitrogens with two attached hydrogens (primary N) is 2. The highest BCUT2D eigenvalue weighted by molar-refractivity contribution is 7.89. The van der Waals surface area contributed by atoms with Gasteiger partial charge in [0.05, 0.1) is 67.1 Å². The van der Waals surface area contributed by atoms with Crippen LogP contribution in [0.5, 0.6) is 11.5 Å². The summed E-state index contributed by atoms with van der Waals surface area (Å²) < 4.78 is 94.2. The van der Waals surface area contributed by atoms with Crippen molar-refractivity contribution in [3.8, 4) is 11.5 Å². The van der Waals surface area contributed by atoms with E-state index in [-0.39, 0.29) is 96.5 Å². The number of rotatable bonds is 31. The summed E-state index contributed by atoms with van der Waals surface area (Å²) in [5, 5.41) is 7.90. The maximum absolute atomic E-state index is 13.7. The van der Waals surface area contributed by atoms with E-state index >= 15 is 0 Å². The number of likely N-dealkylation sites (tertiary alicyclic amines) is 2. The molecule has 8 atom stereocenters. The van der Waals surface area contributed by atoms with Crippen LogP contribution in [0.1, 0.15) is 112 Å². The molecule has 2 amide bonds. The van der Waals surface area contributed by atoms with Crippen LogP contribution in [0.25, 0.3) is 0 Å². The molecule has 4 fully saturated rings. The summed E-state index contributed by atoms with van der Waals surface area (Å²) in [5.41, 5.74) is 16.6. The number of hydrogen-bond acceptors (Lipinski definition) is 16. The number of ether oxygens (including phenoxy) is 6. The van der Waals surface area contributed by atoms with Crippen LogP contribution in [0.15, 0.2) is 82.6 Å². The Morgan fingerprint density at radius 3 is 1.48 bits per heavy atom. The zero-order chi connectivity index (χ0) is 63.4. The number of hydrogen-bond donors (Lipinski definition) is 4. The standard InChI is InChI=1S/C64H86Cl4N8O12S2/c65-43-33-56-54(58(67)35-43)37-60(73-23-4-7-45(69)39-73)62(56)87-48-11-15-52(16-12-48)89(79,80)75-25-19-50(41-75)85-31-29-83-27-6-10-47(77)9-2-1-3-21-71-64(78)72-22-28-84-30-32-86-51-20-26-76(42-51)90(81,82)53-17-13-49(14-18-53)88-63-57-34-44(66)36-59(68)55(57)38-61(63)74-24-5-8-46(70)40-74/h11-18,33-36,45-46,50-51,60-63H,1-10,19-32,37-42,69-70H2,(H2,71,72,78)/t45-,46-,50+,51+,60+,61+,62+,63+/m1/s1. The average Bonchev–Trinajstić information content (AvgIpc) is 1.73. The highest BCUT2D eigenvalue weighted by Crippen LogP contribution is 2.45. The number of nitrogens with zero attached hydrogens (tertiary/aromatic N) is 4. The molecule has 494 valence electrons. The number of unbranched alkanes of at least 4 members (excludes halogenated alkanes) is 2. The Morgan fingerprint density at radius 2 is 0.989 bits per heavy atom. The molecule has 2 aliphatic carbocycles. The second-order valence-corrected chi connectivity index (χ2v) is 30.0. The fraction of sp³-hybridized carbons (Fsp3) is 0.594. The molecule has 0 spiro atoms. The largest absolute Gasteiger partial charge is 0.484 e. The number of halogens is 4. The number of piperidine rings is 2. The van der Waals surface area contributed by atoms with Crippen molar-refractivity contribution in [1.82, 2.24) is 29.0 Å². The third-order valence-corrected chi connectivity index (χ3v) is 22.8. The van der Waals surface area contributed by atoms with Crippen LogP contribution in [0.4, 0.5) is 4.79 Å². The minimum absolute atomic E-state index is 0.0122. The molecule has 0 bridgehead atoms. The summed E-state index contributed by atoms with van der Waals surface area (Å²) in [4.78, 5) is 29.9. The number of amides is 2. The molecule has 26 heteroatoms. The van der Waals surface area contributed by atoms with Crippen LogP contribution < -0.4 is 31.6 Å². The smallest absolute Gasteiger partial charge is 0.314 e. The monoisotopic (exact) mass is 1360 g/mol. The number of sulfonamides is 2. The van der Waals surface area contributed by atoms with Crippen molar-refractivity contribution >= 4 is 78.3 Å². The van der Waals surface area contributed by atoms with E-state index in [9.17, 15) is 26.4 Å². The van der Waals surface area contributed by atoms with Crippen molar-refractivity contribution < 1.29 is 54.8 Å². The van der Waals surface area contributed by atoms with Crippen LogP contribution in [0.3, 0.4) is 0 Å². The van der Waals surface area contributed by atoms with Gasteiger partial charge in [-0.1, -0.05) is 52.8 Å². The molecular formula is C64H86Cl4N8O12S2.